The van der Waals surface area contributed by atoms with E-state index in [4.69, 9.17) is 0 Å². The summed E-state index contributed by atoms with van der Waals surface area (Å²) in [4.78, 5) is 26.9. The summed E-state index contributed by atoms with van der Waals surface area (Å²) in [5.74, 6) is -0.860. The number of halogens is 3. The molecule has 150 valence electrons. The van der Waals surface area contributed by atoms with Crippen LogP contribution >= 0.6 is 0 Å². The van der Waals surface area contributed by atoms with Gasteiger partial charge in [0.15, 0.2) is 5.78 Å². The van der Waals surface area contributed by atoms with E-state index in [1.54, 1.807) is 22.8 Å². The number of alkyl halides is 3. The summed E-state index contributed by atoms with van der Waals surface area (Å²) >= 11 is 0. The molecule has 1 atom stereocenters. The monoisotopic (exact) mass is 393 g/mol. The molecule has 0 N–H and O–H groups in total. The lowest BCUT2D eigenvalue weighted by Gasteiger charge is -2.32. The zero-order valence-corrected chi connectivity index (χ0v) is 15.6. The minimum absolute atomic E-state index is 0.0458. The molecular weight excluding hydrogens is 371 g/mol. The highest BCUT2D eigenvalue weighted by Crippen LogP contribution is 2.30. The molecule has 3 rings (SSSR count). The number of aryl methyl sites for hydroxylation is 2. The smallest absolute Gasteiger partial charge is 0.342 e. The number of Topliss-reactive ketones (excluding diaryl/α,β-unsaturated/α-hetero) is 1. The topological polar surface area (TPSA) is 55.2 Å². The van der Waals surface area contributed by atoms with Crippen LogP contribution in [0.2, 0.25) is 0 Å². The molecule has 0 bridgehead atoms. The van der Waals surface area contributed by atoms with E-state index < -0.39 is 17.7 Å². The Morgan fingerprint density at radius 3 is 2.75 bits per heavy atom. The van der Waals surface area contributed by atoms with E-state index in [2.05, 4.69) is 5.10 Å². The number of amides is 1. The van der Waals surface area contributed by atoms with E-state index in [1.807, 2.05) is 6.20 Å². The third kappa shape index (κ3) is 4.79. The highest BCUT2D eigenvalue weighted by atomic mass is 19.4. The molecule has 1 aromatic carbocycles. The first-order valence-corrected chi connectivity index (χ1v) is 9.21. The Hall–Kier alpha value is -2.64. The summed E-state index contributed by atoms with van der Waals surface area (Å²) in [5.41, 5.74) is 0.174. The standard InChI is InChI=1S/C20H22F3N3O2/c1-25-12-14(11-24-25)7-8-18(27)26-9-3-5-16(13-26)19(28)15-4-2-6-17(10-15)20(21,22)23/h2,4,6,10-12,16H,3,5,7-9,13H2,1H3. The van der Waals surface area contributed by atoms with Crippen LogP contribution < -0.4 is 0 Å². The molecule has 1 fully saturated rings. The summed E-state index contributed by atoms with van der Waals surface area (Å²) in [6, 6.07) is 4.49. The molecule has 1 aromatic heterocycles. The highest BCUT2D eigenvalue weighted by Gasteiger charge is 2.33. The van der Waals surface area contributed by atoms with Gasteiger partial charge in [0, 0.05) is 44.2 Å². The zero-order chi connectivity index (χ0) is 20.3. The van der Waals surface area contributed by atoms with E-state index in [9.17, 15) is 22.8 Å². The third-order valence-corrected chi connectivity index (χ3v) is 5.01. The van der Waals surface area contributed by atoms with Crippen LogP contribution in [-0.4, -0.2) is 39.5 Å². The average Bonchev–Trinajstić information content (AvgIpc) is 3.10. The van der Waals surface area contributed by atoms with Crippen molar-refractivity contribution in [3.63, 3.8) is 0 Å². The van der Waals surface area contributed by atoms with Gasteiger partial charge in [-0.3, -0.25) is 14.3 Å². The van der Waals surface area contributed by atoms with Gasteiger partial charge in [0.05, 0.1) is 11.8 Å². The zero-order valence-electron chi connectivity index (χ0n) is 15.6. The molecule has 0 aliphatic carbocycles. The van der Waals surface area contributed by atoms with Gasteiger partial charge in [0.2, 0.25) is 5.91 Å². The van der Waals surface area contributed by atoms with E-state index in [0.717, 1.165) is 17.7 Å². The van der Waals surface area contributed by atoms with Crippen LogP contribution in [0.4, 0.5) is 13.2 Å². The van der Waals surface area contributed by atoms with Gasteiger partial charge in [-0.2, -0.15) is 18.3 Å². The maximum absolute atomic E-state index is 12.9. The number of piperidine rings is 1. The van der Waals surface area contributed by atoms with Crippen molar-refractivity contribution in [3.8, 4) is 0 Å². The van der Waals surface area contributed by atoms with Crippen LogP contribution in [0.1, 0.15) is 40.7 Å². The number of rotatable bonds is 5. The van der Waals surface area contributed by atoms with E-state index in [-0.39, 0.29) is 23.8 Å². The number of hydrogen-bond donors (Lipinski definition) is 0. The number of benzene rings is 1. The number of carbonyl (C=O) groups is 2. The lowest BCUT2D eigenvalue weighted by molar-refractivity contribution is -0.137. The number of likely N-dealkylation sites (tertiary alicyclic amines) is 1. The maximum Gasteiger partial charge on any atom is 0.416 e. The summed E-state index contributed by atoms with van der Waals surface area (Å²) in [6.45, 7) is 0.819. The van der Waals surface area contributed by atoms with Crippen LogP contribution in [0.25, 0.3) is 0 Å². The molecule has 0 radical (unpaired) electrons. The van der Waals surface area contributed by atoms with Gasteiger partial charge in [-0.05, 0) is 37.0 Å². The average molecular weight is 393 g/mol. The SMILES string of the molecule is Cn1cc(CCC(=O)N2CCCC(C(=O)c3cccc(C(F)(F)F)c3)C2)cn1. The highest BCUT2D eigenvalue weighted by molar-refractivity contribution is 5.98. The minimum atomic E-state index is -4.49. The van der Waals surface area contributed by atoms with Gasteiger partial charge in [0.25, 0.3) is 0 Å². The van der Waals surface area contributed by atoms with Crippen molar-refractivity contribution in [2.45, 2.75) is 31.9 Å². The van der Waals surface area contributed by atoms with Crippen molar-refractivity contribution in [3.05, 3.63) is 53.3 Å². The second-order valence-electron chi connectivity index (χ2n) is 7.14. The predicted molar refractivity (Wildman–Crippen MR) is 96.6 cm³/mol. The number of nitrogens with zero attached hydrogens (tertiary/aromatic N) is 3. The largest absolute Gasteiger partial charge is 0.416 e. The van der Waals surface area contributed by atoms with Crippen LogP contribution in [0.5, 0.6) is 0 Å². The van der Waals surface area contributed by atoms with Crippen LogP contribution in [0.3, 0.4) is 0 Å². The third-order valence-electron chi connectivity index (χ3n) is 5.01. The number of aromatic nitrogens is 2. The normalized spacial score (nSPS) is 17.6. The molecule has 5 nitrogen and oxygen atoms in total. The molecule has 1 saturated heterocycles. The molecule has 28 heavy (non-hydrogen) atoms. The molecule has 2 heterocycles. The lowest BCUT2D eigenvalue weighted by atomic mass is 9.89. The van der Waals surface area contributed by atoms with E-state index in [1.165, 1.54) is 12.1 Å². The van der Waals surface area contributed by atoms with Crippen LogP contribution in [0.15, 0.2) is 36.7 Å². The molecule has 1 unspecified atom stereocenters. The second kappa shape index (κ2) is 8.16. The molecule has 8 heteroatoms. The van der Waals surface area contributed by atoms with Crippen molar-refractivity contribution in [1.82, 2.24) is 14.7 Å². The molecule has 0 saturated carbocycles. The fourth-order valence-electron chi connectivity index (χ4n) is 3.51. The Balaban J connectivity index is 1.62. The molecule has 1 amide bonds. The van der Waals surface area contributed by atoms with Crippen molar-refractivity contribution >= 4 is 11.7 Å². The Kier molecular flexibility index (Phi) is 5.86. The predicted octanol–water partition coefficient (Wildman–Crippen LogP) is 3.49. The molecule has 1 aliphatic heterocycles. The lowest BCUT2D eigenvalue weighted by Crippen LogP contribution is -2.42. The Morgan fingerprint density at radius 1 is 1.29 bits per heavy atom. The first kappa shape index (κ1) is 20.1. The maximum atomic E-state index is 12.9. The van der Waals surface area contributed by atoms with Gasteiger partial charge in [0.1, 0.15) is 0 Å². The van der Waals surface area contributed by atoms with Crippen LogP contribution in [-0.2, 0) is 24.4 Å². The molecular formula is C20H22F3N3O2. The van der Waals surface area contributed by atoms with E-state index in [0.29, 0.717) is 32.2 Å². The Bertz CT molecular complexity index is 860. The van der Waals surface area contributed by atoms with Gasteiger partial charge in [-0.15, -0.1) is 0 Å². The summed E-state index contributed by atoms with van der Waals surface area (Å²) in [6.07, 6.45) is 1.19. The fraction of sp³-hybridized carbons (Fsp3) is 0.450. The van der Waals surface area contributed by atoms with Gasteiger partial charge in [-0.1, -0.05) is 12.1 Å². The molecule has 0 spiro atoms. The summed E-state index contributed by atoms with van der Waals surface area (Å²) in [5, 5.41) is 4.07. The van der Waals surface area contributed by atoms with E-state index >= 15 is 0 Å². The summed E-state index contributed by atoms with van der Waals surface area (Å²) in [7, 11) is 1.81. The van der Waals surface area contributed by atoms with Crippen molar-refractivity contribution in [1.29, 1.82) is 0 Å². The Labute approximate surface area is 161 Å². The number of ketones is 1. The Morgan fingerprint density at radius 2 is 2.07 bits per heavy atom. The van der Waals surface area contributed by atoms with Gasteiger partial charge < -0.3 is 4.90 Å². The quantitative estimate of drug-likeness (QED) is 0.731. The number of hydrogen-bond acceptors (Lipinski definition) is 3. The fourth-order valence-corrected chi connectivity index (χ4v) is 3.51. The van der Waals surface area contributed by atoms with Crippen LogP contribution in [0, 0.1) is 5.92 Å². The first-order chi connectivity index (χ1) is 13.2. The van der Waals surface area contributed by atoms with Gasteiger partial charge in [-0.25, -0.2) is 0 Å². The van der Waals surface area contributed by atoms with Crippen molar-refractivity contribution in [2.24, 2.45) is 13.0 Å². The molecule has 1 aliphatic rings. The number of carbonyl (C=O) groups excluding carboxylic acids is 2. The van der Waals surface area contributed by atoms with Crippen molar-refractivity contribution in [2.75, 3.05) is 13.1 Å². The van der Waals surface area contributed by atoms with Gasteiger partial charge >= 0.3 is 6.18 Å². The first-order valence-electron chi connectivity index (χ1n) is 9.21. The minimum Gasteiger partial charge on any atom is -0.342 e. The molecule has 2 aromatic rings. The second-order valence-corrected chi connectivity index (χ2v) is 7.14. The van der Waals surface area contributed by atoms with Crippen molar-refractivity contribution < 1.29 is 22.8 Å². The summed E-state index contributed by atoms with van der Waals surface area (Å²) < 4.78 is 40.4.